The fraction of sp³-hybridized carbons (Fsp3) is 0.462. The quantitative estimate of drug-likeness (QED) is 0.592. The maximum Gasteiger partial charge on any atom is 0.253 e. The summed E-state index contributed by atoms with van der Waals surface area (Å²) in [4.78, 5) is 27.7. The highest BCUT2D eigenvalue weighted by atomic mass is 32.2. The summed E-state index contributed by atoms with van der Waals surface area (Å²) in [7, 11) is -3.53. The van der Waals surface area contributed by atoms with E-state index in [9.17, 15) is 18.0 Å². The van der Waals surface area contributed by atoms with Crippen molar-refractivity contribution in [2.24, 2.45) is 11.8 Å². The highest BCUT2D eigenvalue weighted by Gasteiger charge is 2.30. The van der Waals surface area contributed by atoms with Gasteiger partial charge in [-0.15, -0.1) is 0 Å². The Kier molecular flexibility index (Phi) is 7.00. The summed E-state index contributed by atoms with van der Waals surface area (Å²) in [6.07, 6.45) is 4.01. The van der Waals surface area contributed by atoms with Gasteiger partial charge in [0, 0.05) is 36.2 Å². The molecule has 0 unspecified atom stereocenters. The van der Waals surface area contributed by atoms with Crippen LogP contribution < -0.4 is 4.72 Å². The normalized spacial score (nSPS) is 17.4. The first kappa shape index (κ1) is 23.6. The van der Waals surface area contributed by atoms with Gasteiger partial charge in [0.05, 0.1) is 4.90 Å². The van der Waals surface area contributed by atoms with Crippen LogP contribution in [0.25, 0.3) is 0 Å². The van der Waals surface area contributed by atoms with Crippen molar-refractivity contribution in [3.63, 3.8) is 0 Å². The van der Waals surface area contributed by atoms with Gasteiger partial charge in [-0.3, -0.25) is 9.59 Å². The van der Waals surface area contributed by atoms with Crippen molar-refractivity contribution in [1.82, 2.24) is 9.62 Å². The summed E-state index contributed by atoms with van der Waals surface area (Å²) in [5, 5.41) is 0. The Balaban J connectivity index is 1.32. The van der Waals surface area contributed by atoms with Crippen molar-refractivity contribution in [2.75, 3.05) is 13.1 Å². The monoisotopic (exact) mass is 468 g/mol. The topological polar surface area (TPSA) is 83.6 Å². The highest BCUT2D eigenvalue weighted by molar-refractivity contribution is 7.89. The van der Waals surface area contributed by atoms with Crippen LogP contribution in [0.1, 0.15) is 65.8 Å². The van der Waals surface area contributed by atoms with E-state index >= 15 is 0 Å². The smallest absolute Gasteiger partial charge is 0.253 e. The molecular formula is C26H32N2O4S. The first-order chi connectivity index (χ1) is 15.7. The lowest BCUT2D eigenvalue weighted by atomic mass is 9.88. The molecule has 1 N–H and O–H groups in total. The number of hydrogen-bond donors (Lipinski definition) is 1. The van der Waals surface area contributed by atoms with E-state index in [1.54, 1.807) is 17.0 Å². The standard InChI is InChI=1S/C26H32N2O4S/c1-18(2)17-19-3-5-20(6-4-19)25(29)21-13-15-28(16-14-21)26(30)22-7-11-24(12-8-22)33(31,32)27-23-9-10-23/h3-8,11-12,18,21,23,27H,9-10,13-17H2,1-2H3. The molecule has 4 rings (SSSR count). The molecule has 0 radical (unpaired) electrons. The third kappa shape index (κ3) is 5.89. The number of sulfonamides is 1. The minimum Gasteiger partial charge on any atom is -0.339 e. The Labute approximate surface area is 196 Å². The number of ketones is 1. The van der Waals surface area contributed by atoms with Crippen molar-refractivity contribution in [2.45, 2.75) is 56.9 Å². The van der Waals surface area contributed by atoms with Gasteiger partial charge in [0.2, 0.25) is 10.0 Å². The van der Waals surface area contributed by atoms with Crippen molar-refractivity contribution >= 4 is 21.7 Å². The summed E-state index contributed by atoms with van der Waals surface area (Å²) >= 11 is 0. The van der Waals surface area contributed by atoms with Gasteiger partial charge in [-0.2, -0.15) is 0 Å². The van der Waals surface area contributed by atoms with E-state index in [1.807, 2.05) is 24.3 Å². The van der Waals surface area contributed by atoms with Crippen LogP contribution in [0.15, 0.2) is 53.4 Å². The van der Waals surface area contributed by atoms with E-state index in [0.717, 1.165) is 24.8 Å². The number of piperidine rings is 1. The van der Waals surface area contributed by atoms with E-state index in [2.05, 4.69) is 18.6 Å². The van der Waals surface area contributed by atoms with Crippen LogP contribution >= 0.6 is 0 Å². The SMILES string of the molecule is CC(C)Cc1ccc(C(=O)C2CCN(C(=O)c3ccc(S(=O)(=O)NC4CC4)cc3)CC2)cc1. The molecule has 1 amide bonds. The van der Waals surface area contributed by atoms with Gasteiger partial charge < -0.3 is 4.90 Å². The van der Waals surface area contributed by atoms with E-state index in [1.165, 1.54) is 17.7 Å². The Morgan fingerprint density at radius 1 is 0.909 bits per heavy atom. The summed E-state index contributed by atoms with van der Waals surface area (Å²) in [5.41, 5.74) is 2.44. The van der Waals surface area contributed by atoms with Crippen molar-refractivity contribution in [3.05, 3.63) is 65.2 Å². The molecule has 1 aliphatic carbocycles. The van der Waals surface area contributed by atoms with Crippen LogP contribution in [0.5, 0.6) is 0 Å². The number of rotatable bonds is 8. The van der Waals surface area contributed by atoms with Crippen LogP contribution in [-0.2, 0) is 16.4 Å². The van der Waals surface area contributed by atoms with Crippen LogP contribution in [-0.4, -0.2) is 44.1 Å². The van der Waals surface area contributed by atoms with E-state index in [4.69, 9.17) is 0 Å². The number of amides is 1. The molecule has 1 heterocycles. The molecule has 0 aromatic heterocycles. The first-order valence-corrected chi connectivity index (χ1v) is 13.3. The summed E-state index contributed by atoms with van der Waals surface area (Å²) in [6, 6.07) is 14.1. The minimum atomic E-state index is -3.53. The van der Waals surface area contributed by atoms with Gasteiger partial charge in [0.1, 0.15) is 0 Å². The van der Waals surface area contributed by atoms with Gasteiger partial charge in [0.15, 0.2) is 5.78 Å². The van der Waals surface area contributed by atoms with Crippen LogP contribution in [0.3, 0.4) is 0 Å². The van der Waals surface area contributed by atoms with Crippen molar-refractivity contribution < 1.29 is 18.0 Å². The largest absolute Gasteiger partial charge is 0.339 e. The second-order valence-corrected chi connectivity index (χ2v) is 11.4. The number of carbonyl (C=O) groups is 2. The lowest BCUT2D eigenvalue weighted by Gasteiger charge is -2.31. The molecule has 7 heteroatoms. The lowest BCUT2D eigenvalue weighted by molar-refractivity contribution is 0.0650. The molecule has 33 heavy (non-hydrogen) atoms. The summed E-state index contributed by atoms with van der Waals surface area (Å²) in [6.45, 7) is 5.39. The zero-order chi connectivity index (χ0) is 23.6. The van der Waals surface area contributed by atoms with Gasteiger partial charge >= 0.3 is 0 Å². The summed E-state index contributed by atoms with van der Waals surface area (Å²) < 4.78 is 27.3. The maximum atomic E-state index is 12.9. The van der Waals surface area contributed by atoms with Gasteiger partial charge in [-0.1, -0.05) is 38.1 Å². The van der Waals surface area contributed by atoms with E-state index in [0.29, 0.717) is 37.4 Å². The molecule has 0 spiro atoms. The molecule has 0 atom stereocenters. The average molecular weight is 469 g/mol. The molecule has 1 saturated heterocycles. The van der Waals surface area contributed by atoms with Crippen LogP contribution in [0.4, 0.5) is 0 Å². The Hall–Kier alpha value is -2.51. The number of nitrogens with one attached hydrogen (secondary N) is 1. The predicted molar refractivity (Wildman–Crippen MR) is 128 cm³/mol. The average Bonchev–Trinajstić information content (AvgIpc) is 3.62. The van der Waals surface area contributed by atoms with Gasteiger partial charge in [-0.25, -0.2) is 13.1 Å². The molecular weight excluding hydrogens is 436 g/mol. The first-order valence-electron chi connectivity index (χ1n) is 11.8. The number of likely N-dealkylation sites (tertiary alicyclic amines) is 1. The Bertz CT molecular complexity index is 1100. The lowest BCUT2D eigenvalue weighted by Crippen LogP contribution is -2.40. The number of nitrogens with zero attached hydrogens (tertiary/aromatic N) is 1. The molecule has 6 nitrogen and oxygen atoms in total. The fourth-order valence-corrected chi connectivity index (χ4v) is 5.61. The van der Waals surface area contributed by atoms with Gasteiger partial charge in [-0.05, 0) is 67.9 Å². The second-order valence-electron chi connectivity index (χ2n) is 9.65. The number of carbonyl (C=O) groups excluding carboxylic acids is 2. The highest BCUT2D eigenvalue weighted by Crippen LogP contribution is 2.25. The summed E-state index contributed by atoms with van der Waals surface area (Å²) in [5.74, 6) is 0.522. The molecule has 1 aliphatic heterocycles. The number of hydrogen-bond acceptors (Lipinski definition) is 4. The number of Topliss-reactive ketones (excluding diaryl/α,β-unsaturated/α-hetero) is 1. The van der Waals surface area contributed by atoms with E-state index in [-0.39, 0.29) is 28.5 Å². The van der Waals surface area contributed by atoms with Crippen molar-refractivity contribution in [3.8, 4) is 0 Å². The maximum absolute atomic E-state index is 12.9. The zero-order valence-electron chi connectivity index (χ0n) is 19.3. The molecule has 176 valence electrons. The van der Waals surface area contributed by atoms with Crippen LogP contribution in [0.2, 0.25) is 0 Å². The fourth-order valence-electron chi connectivity index (χ4n) is 4.30. The minimum absolute atomic E-state index is 0.0401. The Morgan fingerprint density at radius 3 is 2.03 bits per heavy atom. The second kappa shape index (κ2) is 9.77. The van der Waals surface area contributed by atoms with Gasteiger partial charge in [0.25, 0.3) is 5.91 Å². The zero-order valence-corrected chi connectivity index (χ0v) is 20.1. The molecule has 2 aromatic rings. The molecule has 2 aromatic carbocycles. The predicted octanol–water partition coefficient (Wildman–Crippen LogP) is 4.06. The Morgan fingerprint density at radius 2 is 1.48 bits per heavy atom. The van der Waals surface area contributed by atoms with E-state index < -0.39 is 10.0 Å². The molecule has 0 bridgehead atoms. The number of benzene rings is 2. The third-order valence-electron chi connectivity index (χ3n) is 6.35. The van der Waals surface area contributed by atoms with Crippen LogP contribution in [0, 0.1) is 11.8 Å². The molecule has 1 saturated carbocycles. The third-order valence-corrected chi connectivity index (χ3v) is 7.88. The van der Waals surface area contributed by atoms with Crippen molar-refractivity contribution in [1.29, 1.82) is 0 Å². The molecule has 2 fully saturated rings. The molecule has 2 aliphatic rings.